The van der Waals surface area contributed by atoms with Gasteiger partial charge in [0.25, 0.3) is 5.91 Å². The van der Waals surface area contributed by atoms with Crippen molar-refractivity contribution >= 4 is 5.91 Å². The maximum Gasteiger partial charge on any atom is 0.287 e. The highest BCUT2D eigenvalue weighted by Crippen LogP contribution is 2.44. The lowest BCUT2D eigenvalue weighted by Crippen LogP contribution is -2.52. The Bertz CT molecular complexity index is 793. The van der Waals surface area contributed by atoms with Gasteiger partial charge >= 0.3 is 0 Å². The SMILES string of the molecule is COCCNC(=O)c1cc(C2CNC3NCC(C4CCCCC4OC4CCCCC4)CC32)co1. The van der Waals surface area contributed by atoms with Crippen LogP contribution in [0.2, 0.25) is 0 Å². The minimum Gasteiger partial charge on any atom is -0.459 e. The number of amides is 1. The van der Waals surface area contributed by atoms with Crippen molar-refractivity contribution < 1.29 is 18.7 Å². The summed E-state index contributed by atoms with van der Waals surface area (Å²) >= 11 is 0. The quantitative estimate of drug-likeness (QED) is 0.498. The third kappa shape index (κ3) is 5.53. The number of rotatable bonds is 8. The van der Waals surface area contributed by atoms with Gasteiger partial charge in [-0.1, -0.05) is 32.1 Å². The zero-order chi connectivity index (χ0) is 23.3. The molecule has 190 valence electrons. The molecule has 0 aromatic carbocycles. The first-order chi connectivity index (χ1) is 16.7. The molecule has 0 spiro atoms. The number of piperidine rings is 1. The number of carbonyl (C=O) groups is 1. The number of methoxy groups -OCH3 is 1. The van der Waals surface area contributed by atoms with Crippen LogP contribution in [-0.2, 0) is 9.47 Å². The Hall–Kier alpha value is -1.41. The Balaban J connectivity index is 1.22. The number of hydrogen-bond donors (Lipinski definition) is 3. The van der Waals surface area contributed by atoms with E-state index in [1.165, 1.54) is 64.2 Å². The van der Waals surface area contributed by atoms with Gasteiger partial charge in [-0.15, -0.1) is 0 Å². The molecule has 1 amide bonds. The van der Waals surface area contributed by atoms with Crippen LogP contribution in [0.25, 0.3) is 0 Å². The monoisotopic (exact) mass is 473 g/mol. The Morgan fingerprint density at radius 2 is 1.85 bits per heavy atom. The van der Waals surface area contributed by atoms with Crippen LogP contribution in [0.5, 0.6) is 0 Å². The summed E-state index contributed by atoms with van der Waals surface area (Å²) in [7, 11) is 1.63. The van der Waals surface area contributed by atoms with Gasteiger partial charge in [-0.25, -0.2) is 0 Å². The fraction of sp³-hybridized carbons (Fsp3) is 0.815. The summed E-state index contributed by atoms with van der Waals surface area (Å²) in [6.45, 7) is 2.98. The molecule has 3 N–H and O–H groups in total. The highest BCUT2D eigenvalue weighted by atomic mass is 16.5. The number of ether oxygens (including phenoxy) is 2. The average molecular weight is 474 g/mol. The Morgan fingerprint density at radius 1 is 1.06 bits per heavy atom. The smallest absolute Gasteiger partial charge is 0.287 e. The lowest BCUT2D eigenvalue weighted by Gasteiger charge is -2.44. The average Bonchev–Trinajstić information content (AvgIpc) is 3.52. The van der Waals surface area contributed by atoms with Crippen LogP contribution in [0.3, 0.4) is 0 Å². The molecule has 2 aliphatic carbocycles. The van der Waals surface area contributed by atoms with E-state index in [4.69, 9.17) is 13.9 Å². The molecule has 0 radical (unpaired) electrons. The predicted octanol–water partition coefficient (Wildman–Crippen LogP) is 3.80. The largest absolute Gasteiger partial charge is 0.459 e. The molecule has 34 heavy (non-hydrogen) atoms. The summed E-state index contributed by atoms with van der Waals surface area (Å²) < 4.78 is 17.5. The van der Waals surface area contributed by atoms with E-state index in [-0.39, 0.29) is 5.91 Å². The molecule has 1 aromatic rings. The van der Waals surface area contributed by atoms with Gasteiger partial charge in [-0.2, -0.15) is 0 Å². The number of hydrogen-bond acceptors (Lipinski definition) is 6. The van der Waals surface area contributed by atoms with Crippen molar-refractivity contribution in [2.24, 2.45) is 17.8 Å². The Kier molecular flexibility index (Phi) is 8.25. The summed E-state index contributed by atoms with van der Waals surface area (Å²) in [6, 6.07) is 1.94. The van der Waals surface area contributed by atoms with E-state index in [0.29, 0.717) is 61.0 Å². The summed E-state index contributed by atoms with van der Waals surface area (Å²) in [4.78, 5) is 12.4. The number of furan rings is 1. The van der Waals surface area contributed by atoms with Gasteiger partial charge in [0.1, 0.15) is 0 Å². The minimum absolute atomic E-state index is 0.171. The summed E-state index contributed by atoms with van der Waals surface area (Å²) in [5, 5.41) is 10.4. The summed E-state index contributed by atoms with van der Waals surface area (Å²) in [5.41, 5.74) is 1.14. The first-order valence-corrected chi connectivity index (χ1v) is 13.7. The normalized spacial score (nSPS) is 34.6. The molecule has 2 aliphatic heterocycles. The summed E-state index contributed by atoms with van der Waals surface area (Å²) in [6.07, 6.45) is 16.0. The molecule has 5 rings (SSSR count). The molecule has 4 fully saturated rings. The molecular weight excluding hydrogens is 430 g/mol. The van der Waals surface area contributed by atoms with Crippen LogP contribution >= 0.6 is 0 Å². The van der Waals surface area contributed by atoms with E-state index in [1.807, 2.05) is 6.07 Å². The van der Waals surface area contributed by atoms with E-state index >= 15 is 0 Å². The Labute approximate surface area is 204 Å². The third-order valence-corrected chi connectivity index (χ3v) is 8.82. The predicted molar refractivity (Wildman–Crippen MR) is 131 cm³/mol. The minimum atomic E-state index is -0.171. The first-order valence-electron chi connectivity index (χ1n) is 13.7. The van der Waals surface area contributed by atoms with Crippen LogP contribution in [0, 0.1) is 17.8 Å². The van der Waals surface area contributed by atoms with Gasteiger partial charge < -0.3 is 29.8 Å². The molecule has 7 nitrogen and oxygen atoms in total. The zero-order valence-electron chi connectivity index (χ0n) is 20.7. The van der Waals surface area contributed by atoms with Crippen molar-refractivity contribution in [2.45, 2.75) is 88.5 Å². The maximum atomic E-state index is 12.4. The molecule has 3 heterocycles. The van der Waals surface area contributed by atoms with Crippen LogP contribution < -0.4 is 16.0 Å². The topological polar surface area (TPSA) is 84.8 Å². The molecule has 7 heteroatoms. The van der Waals surface area contributed by atoms with Crippen LogP contribution in [0.15, 0.2) is 16.7 Å². The van der Waals surface area contributed by atoms with Crippen molar-refractivity contribution in [3.05, 3.63) is 23.7 Å². The molecule has 2 saturated carbocycles. The van der Waals surface area contributed by atoms with Gasteiger partial charge in [0, 0.05) is 26.1 Å². The third-order valence-electron chi connectivity index (χ3n) is 8.82. The van der Waals surface area contributed by atoms with E-state index in [9.17, 15) is 4.79 Å². The van der Waals surface area contributed by atoms with Gasteiger partial charge in [0.05, 0.1) is 31.2 Å². The fourth-order valence-electron chi connectivity index (χ4n) is 7.02. The molecule has 1 aromatic heterocycles. The molecule has 6 atom stereocenters. The highest BCUT2D eigenvalue weighted by molar-refractivity contribution is 5.91. The maximum absolute atomic E-state index is 12.4. The van der Waals surface area contributed by atoms with Crippen molar-refractivity contribution in [1.29, 1.82) is 0 Å². The number of nitrogens with one attached hydrogen (secondary N) is 3. The lowest BCUT2D eigenvalue weighted by atomic mass is 9.70. The van der Waals surface area contributed by atoms with Gasteiger partial charge in [0.2, 0.25) is 0 Å². The van der Waals surface area contributed by atoms with E-state index in [2.05, 4.69) is 16.0 Å². The first kappa shape index (κ1) is 24.3. The molecule has 6 unspecified atom stereocenters. The number of carbonyl (C=O) groups excluding carboxylic acids is 1. The van der Waals surface area contributed by atoms with Crippen LogP contribution in [-0.4, -0.2) is 57.6 Å². The standard InChI is InChI=1S/C27H43N3O4/c1-32-12-11-28-27(31)25-14-19(17-33-25)23-16-30-26-22(23)13-18(15-29-26)21-9-5-6-10-24(21)34-20-7-3-2-4-8-20/h14,17-18,20-24,26,29-30H,2-13,15-16H2,1H3,(H,28,31). The lowest BCUT2D eigenvalue weighted by molar-refractivity contribution is -0.0901. The van der Waals surface area contributed by atoms with Crippen molar-refractivity contribution in [3.63, 3.8) is 0 Å². The molecule has 2 saturated heterocycles. The highest BCUT2D eigenvalue weighted by Gasteiger charge is 2.45. The van der Waals surface area contributed by atoms with Gasteiger partial charge in [-0.3, -0.25) is 4.79 Å². The van der Waals surface area contributed by atoms with E-state index in [0.717, 1.165) is 18.7 Å². The summed E-state index contributed by atoms with van der Waals surface area (Å²) in [5.74, 6) is 2.42. The van der Waals surface area contributed by atoms with Gasteiger partial charge in [-0.05, 0) is 68.0 Å². The van der Waals surface area contributed by atoms with Crippen molar-refractivity contribution in [3.8, 4) is 0 Å². The van der Waals surface area contributed by atoms with E-state index < -0.39 is 0 Å². The second-order valence-electron chi connectivity index (χ2n) is 10.9. The second kappa shape index (κ2) is 11.5. The fourth-order valence-corrected chi connectivity index (χ4v) is 7.02. The van der Waals surface area contributed by atoms with Gasteiger partial charge in [0.15, 0.2) is 5.76 Å². The van der Waals surface area contributed by atoms with E-state index in [1.54, 1.807) is 13.4 Å². The zero-order valence-corrected chi connectivity index (χ0v) is 20.7. The molecular formula is C27H43N3O4. The van der Waals surface area contributed by atoms with Crippen molar-refractivity contribution in [1.82, 2.24) is 16.0 Å². The molecule has 0 bridgehead atoms. The number of fused-ring (bicyclic) bond motifs is 1. The molecule has 4 aliphatic rings. The van der Waals surface area contributed by atoms with Crippen molar-refractivity contribution in [2.75, 3.05) is 33.4 Å². The van der Waals surface area contributed by atoms with Crippen LogP contribution in [0.1, 0.15) is 86.2 Å². The Morgan fingerprint density at radius 3 is 2.71 bits per heavy atom. The second-order valence-corrected chi connectivity index (χ2v) is 10.9. The van der Waals surface area contributed by atoms with Crippen LogP contribution in [0.4, 0.5) is 0 Å².